The lowest BCUT2D eigenvalue weighted by Gasteiger charge is -2.20. The lowest BCUT2D eigenvalue weighted by atomic mass is 10.1. The third-order valence-corrected chi connectivity index (χ3v) is 6.84. The number of fused-ring (bicyclic) bond motifs is 1. The quantitative estimate of drug-likeness (QED) is 0.680. The molecule has 1 N–H and O–H groups in total. The van der Waals surface area contributed by atoms with Crippen LogP contribution in [0.5, 0.6) is 0 Å². The van der Waals surface area contributed by atoms with Gasteiger partial charge in [0.05, 0.1) is 10.5 Å². The summed E-state index contributed by atoms with van der Waals surface area (Å²) in [5.74, 6) is 0. The zero-order valence-electron chi connectivity index (χ0n) is 16.7. The van der Waals surface area contributed by atoms with Crippen LogP contribution in [-0.4, -0.2) is 19.0 Å². The van der Waals surface area contributed by atoms with E-state index < -0.39 is 10.0 Å². The molecule has 0 radical (unpaired) electrons. The van der Waals surface area contributed by atoms with Gasteiger partial charge in [0.2, 0.25) is 10.0 Å². The molecule has 3 rings (SSSR count). The van der Waals surface area contributed by atoms with Gasteiger partial charge in [-0.05, 0) is 44.4 Å². The second-order valence-corrected chi connectivity index (χ2v) is 8.93. The Morgan fingerprint density at radius 2 is 1.79 bits per heavy atom. The van der Waals surface area contributed by atoms with Gasteiger partial charge >= 0.3 is 0 Å². The fraction of sp³-hybridized carbons (Fsp3) is 0.318. The van der Waals surface area contributed by atoms with Gasteiger partial charge in [0.25, 0.3) is 0 Å². The zero-order chi connectivity index (χ0) is 20.5. The number of nitrogens with zero attached hydrogens (tertiary/aromatic N) is 2. The van der Waals surface area contributed by atoms with Crippen molar-refractivity contribution in [2.75, 3.05) is 0 Å². The SMILES string of the molecule is CCC(Cn1cc(C#N)c2ccccc21)NS(=O)(=O)c1c(C)cc(C)cc1C. The Morgan fingerprint density at radius 3 is 2.39 bits per heavy atom. The van der Waals surface area contributed by atoms with Gasteiger partial charge in [-0.25, -0.2) is 13.1 Å². The first-order valence-corrected chi connectivity index (χ1v) is 10.8. The molecule has 0 spiro atoms. The van der Waals surface area contributed by atoms with Crippen LogP contribution in [0.15, 0.2) is 47.5 Å². The minimum atomic E-state index is -3.65. The molecule has 0 aliphatic carbocycles. The van der Waals surface area contributed by atoms with Crippen LogP contribution in [0.2, 0.25) is 0 Å². The van der Waals surface area contributed by atoms with Crippen LogP contribution < -0.4 is 4.72 Å². The first-order valence-electron chi connectivity index (χ1n) is 9.35. The third kappa shape index (κ3) is 3.82. The van der Waals surface area contributed by atoms with E-state index in [1.54, 1.807) is 6.20 Å². The molecule has 1 aromatic heterocycles. The average Bonchev–Trinajstić information content (AvgIpc) is 2.97. The summed E-state index contributed by atoms with van der Waals surface area (Å²) < 4.78 is 31.0. The minimum Gasteiger partial charge on any atom is -0.345 e. The number of nitrogens with one attached hydrogen (secondary N) is 1. The molecule has 2 aromatic carbocycles. The fourth-order valence-corrected chi connectivity index (χ4v) is 5.61. The highest BCUT2D eigenvalue weighted by Gasteiger charge is 2.24. The maximum absolute atomic E-state index is 13.1. The Labute approximate surface area is 166 Å². The van der Waals surface area contributed by atoms with Crippen molar-refractivity contribution < 1.29 is 8.42 Å². The molecule has 6 heteroatoms. The standard InChI is InChI=1S/C22H25N3O2S/c1-5-19(14-25-13-18(12-23)20-8-6-7-9-21(20)25)24-28(26,27)22-16(3)10-15(2)11-17(22)4/h6-11,13,19,24H,5,14H2,1-4H3. The number of para-hydroxylation sites is 1. The van der Waals surface area contributed by atoms with E-state index >= 15 is 0 Å². The highest BCUT2D eigenvalue weighted by atomic mass is 32.2. The molecule has 0 amide bonds. The Balaban J connectivity index is 1.93. The van der Waals surface area contributed by atoms with Gasteiger partial charge in [0.15, 0.2) is 0 Å². The number of aryl methyl sites for hydroxylation is 3. The van der Waals surface area contributed by atoms with E-state index in [0.717, 1.165) is 27.6 Å². The predicted octanol–water partition coefficient (Wildman–Crippen LogP) is 4.20. The van der Waals surface area contributed by atoms with Gasteiger partial charge in [-0.2, -0.15) is 5.26 Å². The highest BCUT2D eigenvalue weighted by molar-refractivity contribution is 7.89. The molecule has 0 aliphatic heterocycles. The van der Waals surface area contributed by atoms with Gasteiger partial charge < -0.3 is 4.57 Å². The molecular formula is C22H25N3O2S. The van der Waals surface area contributed by atoms with Gasteiger partial charge in [-0.3, -0.25) is 0 Å². The van der Waals surface area contributed by atoms with Crippen molar-refractivity contribution >= 4 is 20.9 Å². The number of hydrogen-bond acceptors (Lipinski definition) is 3. The Kier molecular flexibility index (Phi) is 5.59. The molecule has 3 aromatic rings. The summed E-state index contributed by atoms with van der Waals surface area (Å²) in [6.45, 7) is 8.03. The van der Waals surface area contributed by atoms with Crippen molar-refractivity contribution in [2.24, 2.45) is 0 Å². The number of sulfonamides is 1. The van der Waals surface area contributed by atoms with E-state index in [1.165, 1.54) is 0 Å². The summed E-state index contributed by atoms with van der Waals surface area (Å²) >= 11 is 0. The number of rotatable bonds is 6. The predicted molar refractivity (Wildman–Crippen MR) is 112 cm³/mol. The Morgan fingerprint density at radius 1 is 1.14 bits per heavy atom. The van der Waals surface area contributed by atoms with E-state index in [0.29, 0.717) is 23.4 Å². The van der Waals surface area contributed by atoms with E-state index in [4.69, 9.17) is 0 Å². The normalized spacial score (nSPS) is 12.8. The van der Waals surface area contributed by atoms with Crippen molar-refractivity contribution in [3.8, 4) is 6.07 Å². The topological polar surface area (TPSA) is 74.9 Å². The second kappa shape index (κ2) is 7.78. The summed E-state index contributed by atoms with van der Waals surface area (Å²) in [6, 6.07) is 13.4. The number of nitriles is 1. The van der Waals surface area contributed by atoms with Crippen LogP contribution in [0.3, 0.4) is 0 Å². The summed E-state index contributed by atoms with van der Waals surface area (Å²) in [6.07, 6.45) is 2.43. The maximum Gasteiger partial charge on any atom is 0.241 e. The molecule has 28 heavy (non-hydrogen) atoms. The Hall–Kier alpha value is -2.62. The van der Waals surface area contributed by atoms with Crippen molar-refractivity contribution in [2.45, 2.75) is 51.6 Å². The number of benzene rings is 2. The molecular weight excluding hydrogens is 370 g/mol. The molecule has 1 atom stereocenters. The average molecular weight is 396 g/mol. The lowest BCUT2D eigenvalue weighted by Crippen LogP contribution is -2.38. The molecule has 1 heterocycles. The van der Waals surface area contributed by atoms with E-state index in [-0.39, 0.29) is 6.04 Å². The van der Waals surface area contributed by atoms with Gasteiger partial charge in [0, 0.05) is 29.7 Å². The minimum absolute atomic E-state index is 0.285. The maximum atomic E-state index is 13.1. The van der Waals surface area contributed by atoms with Crippen LogP contribution in [0, 0.1) is 32.1 Å². The summed E-state index contributed by atoms with van der Waals surface area (Å²) in [5.41, 5.74) is 4.07. The van der Waals surface area contributed by atoms with Crippen LogP contribution in [-0.2, 0) is 16.6 Å². The monoisotopic (exact) mass is 395 g/mol. The zero-order valence-corrected chi connectivity index (χ0v) is 17.5. The second-order valence-electron chi connectivity index (χ2n) is 7.28. The molecule has 5 nitrogen and oxygen atoms in total. The van der Waals surface area contributed by atoms with E-state index in [2.05, 4.69) is 10.8 Å². The number of aromatic nitrogens is 1. The van der Waals surface area contributed by atoms with Crippen LogP contribution in [0.1, 0.15) is 35.6 Å². The first kappa shape index (κ1) is 20.1. The van der Waals surface area contributed by atoms with Crippen molar-refractivity contribution in [1.29, 1.82) is 5.26 Å². The molecule has 0 saturated heterocycles. The first-order chi connectivity index (χ1) is 13.3. The molecule has 0 bridgehead atoms. The van der Waals surface area contributed by atoms with Crippen molar-refractivity contribution in [3.05, 3.63) is 64.8 Å². The molecule has 1 unspecified atom stereocenters. The largest absolute Gasteiger partial charge is 0.345 e. The molecule has 0 fully saturated rings. The summed E-state index contributed by atoms with van der Waals surface area (Å²) in [5, 5.41) is 10.3. The number of hydrogen-bond donors (Lipinski definition) is 1. The van der Waals surface area contributed by atoms with Crippen LogP contribution >= 0.6 is 0 Å². The van der Waals surface area contributed by atoms with Gasteiger partial charge in [0.1, 0.15) is 6.07 Å². The smallest absolute Gasteiger partial charge is 0.241 e. The fourth-order valence-electron chi connectivity index (χ4n) is 3.84. The van der Waals surface area contributed by atoms with Crippen molar-refractivity contribution in [1.82, 2.24) is 9.29 Å². The van der Waals surface area contributed by atoms with Crippen LogP contribution in [0.4, 0.5) is 0 Å². The van der Waals surface area contributed by atoms with E-state index in [1.807, 2.05) is 68.7 Å². The summed E-state index contributed by atoms with van der Waals surface area (Å²) in [7, 11) is -3.65. The Bertz CT molecular complexity index is 1150. The molecule has 0 saturated carbocycles. The van der Waals surface area contributed by atoms with Crippen LogP contribution in [0.25, 0.3) is 10.9 Å². The summed E-state index contributed by atoms with van der Waals surface area (Å²) in [4.78, 5) is 0.353. The van der Waals surface area contributed by atoms with E-state index in [9.17, 15) is 13.7 Å². The van der Waals surface area contributed by atoms with Gasteiger partial charge in [-0.15, -0.1) is 0 Å². The van der Waals surface area contributed by atoms with Crippen molar-refractivity contribution in [3.63, 3.8) is 0 Å². The lowest BCUT2D eigenvalue weighted by molar-refractivity contribution is 0.491. The molecule has 146 valence electrons. The highest BCUT2D eigenvalue weighted by Crippen LogP contribution is 2.24. The van der Waals surface area contributed by atoms with Gasteiger partial charge in [-0.1, -0.05) is 42.8 Å². The third-order valence-electron chi connectivity index (χ3n) is 5.01. The molecule has 0 aliphatic rings.